The molecular formula is C21H25NO4. The van der Waals surface area contributed by atoms with Gasteiger partial charge in [0.25, 0.3) is 0 Å². The Kier molecular flexibility index (Phi) is 6.03. The number of carboxylic acid groups (broad SMARTS) is 1. The lowest BCUT2D eigenvalue weighted by atomic mass is 9.85. The van der Waals surface area contributed by atoms with Gasteiger partial charge >= 0.3 is 5.97 Å². The molecule has 2 N–H and O–H groups in total. The van der Waals surface area contributed by atoms with E-state index in [9.17, 15) is 14.7 Å². The molecule has 1 atom stereocenters. The summed E-state index contributed by atoms with van der Waals surface area (Å²) in [6.07, 6.45) is 0.625. The van der Waals surface area contributed by atoms with E-state index in [0.717, 1.165) is 11.3 Å². The van der Waals surface area contributed by atoms with E-state index < -0.39 is 11.4 Å². The minimum absolute atomic E-state index is 0.0777. The molecule has 5 heteroatoms. The molecule has 0 radical (unpaired) electrons. The summed E-state index contributed by atoms with van der Waals surface area (Å²) >= 11 is 0. The van der Waals surface area contributed by atoms with E-state index >= 15 is 0 Å². The third-order valence-electron chi connectivity index (χ3n) is 4.56. The molecule has 2 rings (SSSR count). The van der Waals surface area contributed by atoms with Gasteiger partial charge in [0.15, 0.2) is 0 Å². The Balaban J connectivity index is 1.98. The maximum atomic E-state index is 12.4. The standard InChI is InChI=1S/C21H25NO4/c1-14(13-15-5-11-18(26-4)12-6-15)19(23)22-17-9-7-16(8-10-17)21(2,3)20(24)25/h5-12,14H,13H2,1-4H3,(H,22,23)(H,24,25). The Morgan fingerprint density at radius 3 is 2.15 bits per heavy atom. The Morgan fingerprint density at radius 1 is 1.08 bits per heavy atom. The lowest BCUT2D eigenvalue weighted by Gasteiger charge is -2.20. The van der Waals surface area contributed by atoms with Gasteiger partial charge in [-0.15, -0.1) is 0 Å². The zero-order chi connectivity index (χ0) is 19.3. The summed E-state index contributed by atoms with van der Waals surface area (Å²) in [7, 11) is 1.62. The van der Waals surface area contributed by atoms with Crippen LogP contribution in [-0.2, 0) is 21.4 Å². The van der Waals surface area contributed by atoms with E-state index in [-0.39, 0.29) is 11.8 Å². The minimum atomic E-state index is -0.968. The summed E-state index contributed by atoms with van der Waals surface area (Å²) < 4.78 is 5.13. The first kappa shape index (κ1) is 19.5. The van der Waals surface area contributed by atoms with E-state index in [1.54, 1.807) is 45.2 Å². The number of benzene rings is 2. The lowest BCUT2D eigenvalue weighted by molar-refractivity contribution is -0.142. The quantitative estimate of drug-likeness (QED) is 0.790. The van der Waals surface area contributed by atoms with Crippen molar-refractivity contribution in [2.24, 2.45) is 5.92 Å². The number of carbonyl (C=O) groups excluding carboxylic acids is 1. The predicted octanol–water partition coefficient (Wildman–Crippen LogP) is 3.87. The van der Waals surface area contributed by atoms with Crippen molar-refractivity contribution in [1.29, 1.82) is 0 Å². The Bertz CT molecular complexity index is 764. The molecule has 2 aromatic rings. The number of ether oxygens (including phenoxy) is 1. The molecule has 0 aliphatic heterocycles. The first-order valence-electron chi connectivity index (χ1n) is 8.51. The Hall–Kier alpha value is -2.82. The molecule has 0 fully saturated rings. The fraction of sp³-hybridized carbons (Fsp3) is 0.333. The van der Waals surface area contributed by atoms with Crippen molar-refractivity contribution < 1.29 is 19.4 Å². The number of nitrogens with one attached hydrogen (secondary N) is 1. The van der Waals surface area contributed by atoms with E-state index in [0.29, 0.717) is 17.7 Å². The highest BCUT2D eigenvalue weighted by atomic mass is 16.5. The van der Waals surface area contributed by atoms with Crippen molar-refractivity contribution in [2.45, 2.75) is 32.6 Å². The van der Waals surface area contributed by atoms with Crippen LogP contribution in [0.25, 0.3) is 0 Å². The average Bonchev–Trinajstić information content (AvgIpc) is 2.62. The summed E-state index contributed by atoms with van der Waals surface area (Å²) in [6.45, 7) is 5.18. The second kappa shape index (κ2) is 8.04. The highest BCUT2D eigenvalue weighted by molar-refractivity contribution is 5.92. The Labute approximate surface area is 154 Å². The van der Waals surface area contributed by atoms with Gasteiger partial charge in [0.1, 0.15) is 5.75 Å². The van der Waals surface area contributed by atoms with Crippen LogP contribution in [0.2, 0.25) is 0 Å². The van der Waals surface area contributed by atoms with Crippen LogP contribution in [0.15, 0.2) is 48.5 Å². The lowest BCUT2D eigenvalue weighted by Crippen LogP contribution is -2.28. The van der Waals surface area contributed by atoms with Crippen molar-refractivity contribution in [1.82, 2.24) is 0 Å². The van der Waals surface area contributed by atoms with Gasteiger partial charge < -0.3 is 15.2 Å². The van der Waals surface area contributed by atoms with E-state index in [1.807, 2.05) is 31.2 Å². The van der Waals surface area contributed by atoms with Crippen LogP contribution in [-0.4, -0.2) is 24.1 Å². The second-order valence-corrected chi connectivity index (χ2v) is 6.95. The summed E-state index contributed by atoms with van der Waals surface area (Å²) in [4.78, 5) is 23.7. The summed E-state index contributed by atoms with van der Waals surface area (Å²) in [5.41, 5.74) is 1.44. The average molecular weight is 355 g/mol. The maximum absolute atomic E-state index is 12.4. The number of hydrogen-bond donors (Lipinski definition) is 2. The minimum Gasteiger partial charge on any atom is -0.497 e. The molecule has 1 amide bonds. The molecule has 0 aromatic heterocycles. The van der Waals surface area contributed by atoms with Gasteiger partial charge in [-0.25, -0.2) is 0 Å². The van der Waals surface area contributed by atoms with E-state index in [4.69, 9.17) is 4.74 Å². The molecule has 0 aliphatic rings. The highest BCUT2D eigenvalue weighted by Crippen LogP contribution is 2.25. The predicted molar refractivity (Wildman–Crippen MR) is 102 cm³/mol. The summed E-state index contributed by atoms with van der Waals surface area (Å²) in [5.74, 6) is -0.373. The van der Waals surface area contributed by atoms with Crippen molar-refractivity contribution in [2.75, 3.05) is 12.4 Å². The van der Waals surface area contributed by atoms with Crippen LogP contribution in [0.4, 0.5) is 5.69 Å². The van der Waals surface area contributed by atoms with Crippen molar-refractivity contribution >= 4 is 17.6 Å². The van der Waals surface area contributed by atoms with Crippen molar-refractivity contribution in [3.8, 4) is 5.75 Å². The largest absolute Gasteiger partial charge is 0.497 e. The molecule has 0 aliphatic carbocycles. The first-order chi connectivity index (χ1) is 12.2. The topological polar surface area (TPSA) is 75.6 Å². The maximum Gasteiger partial charge on any atom is 0.313 e. The molecule has 1 unspecified atom stereocenters. The molecule has 5 nitrogen and oxygen atoms in total. The molecule has 138 valence electrons. The number of methoxy groups -OCH3 is 1. The SMILES string of the molecule is COc1ccc(CC(C)C(=O)Nc2ccc(C(C)(C)C(=O)O)cc2)cc1. The number of carbonyl (C=O) groups is 2. The monoisotopic (exact) mass is 355 g/mol. The van der Waals surface area contributed by atoms with Crippen LogP contribution < -0.4 is 10.1 Å². The van der Waals surface area contributed by atoms with E-state index in [2.05, 4.69) is 5.32 Å². The normalized spacial score (nSPS) is 12.3. The number of rotatable bonds is 7. The van der Waals surface area contributed by atoms with Crippen molar-refractivity contribution in [3.63, 3.8) is 0 Å². The molecule has 0 spiro atoms. The molecular weight excluding hydrogens is 330 g/mol. The van der Waals surface area contributed by atoms with Gasteiger partial charge in [0.2, 0.25) is 5.91 Å². The molecule has 0 saturated heterocycles. The van der Waals surface area contributed by atoms with E-state index in [1.165, 1.54) is 0 Å². The number of amides is 1. The zero-order valence-corrected chi connectivity index (χ0v) is 15.6. The number of carboxylic acids is 1. The van der Waals surface area contributed by atoms with Crippen LogP contribution in [0.3, 0.4) is 0 Å². The fourth-order valence-electron chi connectivity index (χ4n) is 2.57. The summed E-state index contributed by atoms with van der Waals surface area (Å²) in [5, 5.41) is 12.2. The zero-order valence-electron chi connectivity index (χ0n) is 15.6. The van der Waals surface area contributed by atoms with Gasteiger partial charge in [0.05, 0.1) is 12.5 Å². The van der Waals surface area contributed by atoms with Gasteiger partial charge in [-0.05, 0) is 55.7 Å². The van der Waals surface area contributed by atoms with Crippen molar-refractivity contribution in [3.05, 3.63) is 59.7 Å². The van der Waals surface area contributed by atoms with Gasteiger partial charge in [0, 0.05) is 11.6 Å². The number of anilines is 1. The van der Waals surface area contributed by atoms with Crippen LogP contribution >= 0.6 is 0 Å². The molecule has 0 saturated carbocycles. The summed E-state index contributed by atoms with van der Waals surface area (Å²) in [6, 6.07) is 14.6. The number of aliphatic carboxylic acids is 1. The third kappa shape index (κ3) is 4.63. The Morgan fingerprint density at radius 2 is 1.65 bits per heavy atom. The second-order valence-electron chi connectivity index (χ2n) is 6.95. The molecule has 0 bridgehead atoms. The van der Waals surface area contributed by atoms with Crippen LogP contribution in [0.5, 0.6) is 5.75 Å². The van der Waals surface area contributed by atoms with Crippen LogP contribution in [0.1, 0.15) is 31.9 Å². The van der Waals surface area contributed by atoms with Crippen LogP contribution in [0, 0.1) is 5.92 Å². The third-order valence-corrected chi connectivity index (χ3v) is 4.56. The van der Waals surface area contributed by atoms with Gasteiger partial charge in [-0.1, -0.05) is 31.2 Å². The smallest absolute Gasteiger partial charge is 0.313 e. The molecule has 26 heavy (non-hydrogen) atoms. The fourth-order valence-corrected chi connectivity index (χ4v) is 2.57. The van der Waals surface area contributed by atoms with Gasteiger partial charge in [-0.2, -0.15) is 0 Å². The number of hydrogen-bond acceptors (Lipinski definition) is 3. The molecule has 0 heterocycles. The van der Waals surface area contributed by atoms with Gasteiger partial charge in [-0.3, -0.25) is 9.59 Å². The first-order valence-corrected chi connectivity index (χ1v) is 8.51. The highest BCUT2D eigenvalue weighted by Gasteiger charge is 2.29. The molecule has 2 aromatic carbocycles.